The van der Waals surface area contributed by atoms with E-state index in [1.165, 1.54) is 5.19 Å². The minimum absolute atomic E-state index is 0.463. The highest BCUT2D eigenvalue weighted by Crippen LogP contribution is 2.14. The van der Waals surface area contributed by atoms with Crippen LogP contribution in [0.15, 0.2) is 36.5 Å². The Morgan fingerprint density at radius 1 is 1.12 bits per heavy atom. The van der Waals surface area contributed by atoms with Gasteiger partial charge >= 0.3 is 0 Å². The molecular weight excluding hydrogens is 214 g/mol. The summed E-state index contributed by atoms with van der Waals surface area (Å²) in [5.74, 6) is 0.463. The molecule has 2 heterocycles. The van der Waals surface area contributed by atoms with Crippen molar-refractivity contribution in [1.29, 1.82) is 5.41 Å². The number of nitrogens with one attached hydrogen (secondary N) is 1. The molecule has 3 rings (SSSR count). The van der Waals surface area contributed by atoms with E-state index in [9.17, 15) is 0 Å². The number of pyridine rings is 1. The quantitative estimate of drug-likeness (QED) is 0.529. The van der Waals surface area contributed by atoms with Crippen LogP contribution in [-0.4, -0.2) is 20.2 Å². The molecule has 3 N–H and O–H groups in total. The lowest BCUT2D eigenvalue weighted by Gasteiger charge is -2.20. The van der Waals surface area contributed by atoms with Crippen LogP contribution >= 0.6 is 0 Å². The third-order valence-electron chi connectivity index (χ3n) is 2.70. The standard InChI is InChI=1S/C12H9N3Si/c13-11-7-3-1-2-4-8(7)16-9-5-6-15-12(14)10(9)11/h1-6,13H,(H2,14,15). The summed E-state index contributed by atoms with van der Waals surface area (Å²) in [4.78, 5) is 4.06. The summed E-state index contributed by atoms with van der Waals surface area (Å²) in [5, 5.41) is 10.5. The number of nitrogens with zero attached hydrogens (tertiary/aromatic N) is 1. The number of nitrogen functional groups attached to an aromatic ring is 1. The van der Waals surface area contributed by atoms with Crippen molar-refractivity contribution < 1.29 is 0 Å². The first-order valence-electron chi connectivity index (χ1n) is 4.97. The van der Waals surface area contributed by atoms with E-state index in [0.29, 0.717) is 21.0 Å². The number of rotatable bonds is 0. The first-order valence-corrected chi connectivity index (χ1v) is 5.97. The molecule has 1 aliphatic rings. The summed E-state index contributed by atoms with van der Waals surface area (Å²) >= 11 is 0. The van der Waals surface area contributed by atoms with Gasteiger partial charge < -0.3 is 5.73 Å². The maximum Gasteiger partial charge on any atom is 0.132 e. The van der Waals surface area contributed by atoms with Crippen LogP contribution in [0.3, 0.4) is 0 Å². The predicted molar refractivity (Wildman–Crippen MR) is 66.0 cm³/mol. The highest BCUT2D eigenvalue weighted by Gasteiger charge is 2.22. The molecule has 0 saturated heterocycles. The van der Waals surface area contributed by atoms with Crippen molar-refractivity contribution in [3.05, 3.63) is 47.7 Å². The molecule has 0 unspecified atom stereocenters. The molecule has 1 aromatic carbocycles. The first-order chi connectivity index (χ1) is 7.77. The molecule has 76 valence electrons. The SMILES string of the molecule is N=C1c2ccccc2[Si]c2ccnc(N)c21. The van der Waals surface area contributed by atoms with Crippen molar-refractivity contribution in [3.8, 4) is 0 Å². The lowest BCUT2D eigenvalue weighted by Crippen LogP contribution is -2.41. The van der Waals surface area contributed by atoms with Crippen LogP contribution in [0.25, 0.3) is 0 Å². The van der Waals surface area contributed by atoms with Crippen LogP contribution in [0.5, 0.6) is 0 Å². The average molecular weight is 223 g/mol. The van der Waals surface area contributed by atoms with Gasteiger partial charge in [-0.25, -0.2) is 4.98 Å². The predicted octanol–water partition coefficient (Wildman–Crippen LogP) is 0.0484. The fourth-order valence-electron chi connectivity index (χ4n) is 1.93. The largest absolute Gasteiger partial charge is 0.383 e. The van der Waals surface area contributed by atoms with E-state index in [-0.39, 0.29) is 0 Å². The molecule has 1 aliphatic heterocycles. The van der Waals surface area contributed by atoms with E-state index >= 15 is 0 Å². The Bertz CT molecular complexity index is 593. The van der Waals surface area contributed by atoms with Crippen LogP contribution in [0.4, 0.5) is 5.82 Å². The Hall–Kier alpha value is -1.94. The maximum absolute atomic E-state index is 8.18. The second-order valence-corrected chi connectivity index (χ2v) is 4.99. The van der Waals surface area contributed by atoms with Gasteiger partial charge in [0.15, 0.2) is 0 Å². The molecule has 0 spiro atoms. The highest BCUT2D eigenvalue weighted by molar-refractivity contribution is 6.72. The van der Waals surface area contributed by atoms with E-state index in [4.69, 9.17) is 11.1 Å². The van der Waals surface area contributed by atoms with Crippen molar-refractivity contribution in [2.24, 2.45) is 0 Å². The van der Waals surface area contributed by atoms with Crippen LogP contribution < -0.4 is 16.1 Å². The van der Waals surface area contributed by atoms with Gasteiger partial charge in [0, 0.05) is 11.8 Å². The lowest BCUT2D eigenvalue weighted by molar-refractivity contribution is 1.32. The fraction of sp³-hybridized carbons (Fsp3) is 0. The number of hydrogen-bond acceptors (Lipinski definition) is 3. The number of benzene rings is 1. The summed E-state index contributed by atoms with van der Waals surface area (Å²) in [7, 11) is 0.565. The van der Waals surface area contributed by atoms with Crippen molar-refractivity contribution in [1.82, 2.24) is 4.98 Å². The number of aromatic nitrogens is 1. The minimum Gasteiger partial charge on any atom is -0.383 e. The molecule has 16 heavy (non-hydrogen) atoms. The Balaban J connectivity index is 2.27. The summed E-state index contributed by atoms with van der Waals surface area (Å²) < 4.78 is 0. The molecule has 0 amide bonds. The van der Waals surface area contributed by atoms with Gasteiger partial charge in [-0.1, -0.05) is 24.3 Å². The van der Waals surface area contributed by atoms with Gasteiger partial charge in [0.05, 0.1) is 5.71 Å². The minimum atomic E-state index is 0.463. The van der Waals surface area contributed by atoms with Crippen LogP contribution in [0.2, 0.25) is 0 Å². The normalized spacial score (nSPS) is 13.1. The molecule has 0 aliphatic carbocycles. The van der Waals surface area contributed by atoms with Crippen LogP contribution in [-0.2, 0) is 0 Å². The van der Waals surface area contributed by atoms with Gasteiger partial charge in [-0.2, -0.15) is 0 Å². The Kier molecular flexibility index (Phi) is 1.91. The van der Waals surface area contributed by atoms with E-state index in [1.54, 1.807) is 6.20 Å². The van der Waals surface area contributed by atoms with Crippen molar-refractivity contribution >= 4 is 31.4 Å². The zero-order chi connectivity index (χ0) is 11.1. The molecule has 1 aromatic heterocycles. The molecule has 2 aromatic rings. The van der Waals surface area contributed by atoms with Crippen LogP contribution in [0.1, 0.15) is 11.1 Å². The van der Waals surface area contributed by atoms with Gasteiger partial charge in [-0.05, 0) is 22.0 Å². The Morgan fingerprint density at radius 2 is 1.94 bits per heavy atom. The maximum atomic E-state index is 8.18. The van der Waals surface area contributed by atoms with Crippen LogP contribution in [0, 0.1) is 5.41 Å². The zero-order valence-electron chi connectivity index (χ0n) is 8.49. The van der Waals surface area contributed by atoms with Gasteiger partial charge in [-0.3, -0.25) is 5.41 Å². The molecule has 4 heteroatoms. The first kappa shape index (κ1) is 9.29. The summed E-state index contributed by atoms with van der Waals surface area (Å²) in [6.07, 6.45) is 1.71. The van der Waals surface area contributed by atoms with Crippen molar-refractivity contribution in [2.45, 2.75) is 0 Å². The molecule has 0 fully saturated rings. The van der Waals surface area contributed by atoms with Crippen molar-refractivity contribution in [2.75, 3.05) is 5.73 Å². The smallest absolute Gasteiger partial charge is 0.132 e. The number of anilines is 1. The fourth-order valence-corrected chi connectivity index (χ4v) is 3.28. The lowest BCUT2D eigenvalue weighted by atomic mass is 10.0. The monoisotopic (exact) mass is 223 g/mol. The van der Waals surface area contributed by atoms with Gasteiger partial charge in [0.1, 0.15) is 15.3 Å². The topological polar surface area (TPSA) is 62.8 Å². The Labute approximate surface area is 95.7 Å². The Morgan fingerprint density at radius 3 is 2.81 bits per heavy atom. The van der Waals surface area contributed by atoms with E-state index in [2.05, 4.69) is 11.1 Å². The van der Waals surface area contributed by atoms with Gasteiger partial charge in [-0.15, -0.1) is 0 Å². The van der Waals surface area contributed by atoms with E-state index in [0.717, 1.165) is 16.3 Å². The number of nitrogens with two attached hydrogens (primary N) is 1. The van der Waals surface area contributed by atoms with E-state index in [1.807, 2.05) is 24.3 Å². The van der Waals surface area contributed by atoms with Gasteiger partial charge in [0.25, 0.3) is 0 Å². The zero-order valence-corrected chi connectivity index (χ0v) is 9.49. The summed E-state index contributed by atoms with van der Waals surface area (Å²) in [5.41, 5.74) is 8.12. The number of hydrogen-bond donors (Lipinski definition) is 2. The molecular formula is C12H9N3Si. The summed E-state index contributed by atoms with van der Waals surface area (Å²) in [6.45, 7) is 0. The van der Waals surface area contributed by atoms with Gasteiger partial charge in [0.2, 0.25) is 0 Å². The molecule has 0 bridgehead atoms. The highest BCUT2D eigenvalue weighted by atomic mass is 28.2. The second kappa shape index (κ2) is 3.28. The van der Waals surface area contributed by atoms with Crippen molar-refractivity contribution in [3.63, 3.8) is 0 Å². The molecule has 2 radical (unpaired) electrons. The second-order valence-electron chi connectivity index (χ2n) is 3.66. The van der Waals surface area contributed by atoms with E-state index < -0.39 is 0 Å². The summed E-state index contributed by atoms with van der Waals surface area (Å²) in [6, 6.07) is 9.96. The average Bonchev–Trinajstić information content (AvgIpc) is 2.29. The number of fused-ring (bicyclic) bond motifs is 2. The molecule has 0 atom stereocenters. The third kappa shape index (κ3) is 1.20. The molecule has 0 saturated carbocycles. The molecule has 3 nitrogen and oxygen atoms in total. The third-order valence-corrected chi connectivity index (χ3v) is 4.09.